The molecule has 18 nitrogen and oxygen atoms in total. The van der Waals surface area contributed by atoms with Crippen LogP contribution in [0, 0.1) is 25.2 Å². The highest BCUT2D eigenvalue weighted by molar-refractivity contribution is 6.05. The molecule has 21 heteroatoms. The SMILES string of the molecule is CCOc1nnc(-c2cc(NC(=O)c3cnnc(C(C)(C)C#N)c3)ccc2C)cc1N1CCOC(CCOc2nnc(-c3cc(NC(=O)c4ccnc(C(F)(F)F)c4)ccc3C)cc2N2CCOCC2)C1. The lowest BCUT2D eigenvalue weighted by molar-refractivity contribution is -0.141. The molecule has 0 aliphatic carbocycles. The summed E-state index contributed by atoms with van der Waals surface area (Å²) in [5, 5.41) is 41.3. The number of hydrogen-bond acceptors (Lipinski definition) is 16. The van der Waals surface area contributed by atoms with E-state index in [4.69, 9.17) is 18.9 Å². The molecule has 2 aliphatic heterocycles. The first-order valence-corrected chi connectivity index (χ1v) is 22.9. The summed E-state index contributed by atoms with van der Waals surface area (Å²) in [6.07, 6.45) is -2.14. The number of pyridine rings is 1. The summed E-state index contributed by atoms with van der Waals surface area (Å²) in [6, 6.07) is 20.1. The molecule has 2 aromatic carbocycles. The minimum absolute atomic E-state index is 0.188. The fourth-order valence-corrected chi connectivity index (χ4v) is 7.94. The number of nitrogens with zero attached hydrogens (tertiary/aromatic N) is 10. The average molecular weight is 973 g/mol. The number of hydrogen-bond donors (Lipinski definition) is 2. The zero-order valence-electron chi connectivity index (χ0n) is 39.7. The Hall–Kier alpha value is -7.83. The lowest BCUT2D eigenvalue weighted by Gasteiger charge is -2.35. The average Bonchev–Trinajstić information content (AvgIpc) is 3.38. The van der Waals surface area contributed by atoms with E-state index in [0.29, 0.717) is 117 Å². The monoisotopic (exact) mass is 972 g/mol. The smallest absolute Gasteiger partial charge is 0.433 e. The van der Waals surface area contributed by atoms with E-state index in [-0.39, 0.29) is 23.8 Å². The number of anilines is 4. The number of aryl methyl sites for hydroxylation is 2. The minimum atomic E-state index is -4.70. The Kier molecular flexibility index (Phi) is 15.0. The number of aromatic nitrogens is 7. The number of nitriles is 1. The van der Waals surface area contributed by atoms with Crippen LogP contribution < -0.4 is 29.9 Å². The van der Waals surface area contributed by atoms with Gasteiger partial charge in [0, 0.05) is 66.9 Å². The van der Waals surface area contributed by atoms with Crippen molar-refractivity contribution in [2.45, 2.75) is 58.7 Å². The molecule has 2 N–H and O–H groups in total. The highest BCUT2D eigenvalue weighted by Crippen LogP contribution is 2.36. The van der Waals surface area contributed by atoms with Gasteiger partial charge in [0.15, 0.2) is 0 Å². The number of benzene rings is 2. The van der Waals surface area contributed by atoms with Crippen LogP contribution in [-0.2, 0) is 21.1 Å². The van der Waals surface area contributed by atoms with Crippen molar-refractivity contribution in [3.8, 4) is 40.3 Å². The van der Waals surface area contributed by atoms with Crippen molar-refractivity contribution in [2.75, 3.05) is 79.6 Å². The molecule has 0 radical (unpaired) electrons. The quantitative estimate of drug-likeness (QED) is 0.101. The zero-order valence-corrected chi connectivity index (χ0v) is 39.7. The molecule has 6 aromatic rings. The van der Waals surface area contributed by atoms with Gasteiger partial charge in [-0.25, -0.2) is 0 Å². The number of rotatable bonds is 15. The molecular weight excluding hydrogens is 922 g/mol. The van der Waals surface area contributed by atoms with Crippen molar-refractivity contribution >= 4 is 34.6 Å². The molecule has 2 amide bonds. The molecule has 2 aliphatic rings. The predicted molar refractivity (Wildman–Crippen MR) is 256 cm³/mol. The lowest BCUT2D eigenvalue weighted by atomic mass is 9.90. The summed E-state index contributed by atoms with van der Waals surface area (Å²) in [4.78, 5) is 34.0. The summed E-state index contributed by atoms with van der Waals surface area (Å²) in [5.41, 5.74) is 4.90. The second-order valence-corrected chi connectivity index (χ2v) is 17.4. The molecule has 0 bridgehead atoms. The molecule has 368 valence electrons. The molecular formula is C50H51F3N12O6. The van der Waals surface area contributed by atoms with E-state index in [0.717, 1.165) is 28.6 Å². The molecule has 0 saturated carbocycles. The Morgan fingerprint density at radius 2 is 1.35 bits per heavy atom. The van der Waals surface area contributed by atoms with Crippen LogP contribution >= 0.6 is 0 Å². The normalized spacial score (nSPS) is 15.2. The number of halogens is 3. The third-order valence-electron chi connectivity index (χ3n) is 12.0. The molecule has 6 heterocycles. The van der Waals surface area contributed by atoms with Gasteiger partial charge in [-0.05, 0) is 100 Å². The van der Waals surface area contributed by atoms with Crippen LogP contribution in [0.3, 0.4) is 0 Å². The topological polar surface area (TPSA) is 216 Å². The summed E-state index contributed by atoms with van der Waals surface area (Å²) in [5.74, 6) is -0.435. The molecule has 0 spiro atoms. The van der Waals surface area contributed by atoms with Crippen LogP contribution in [-0.4, -0.2) is 113 Å². The number of morpholine rings is 2. The molecule has 1 atom stereocenters. The standard InChI is InChI=1S/C50H51F3N12O6/c1-6-69-47-42(26-40(59-62-47)38-24-35(10-8-31(38)3)58-46(67)33-22-43(61-56-27-33)49(4,5)29-54)65-16-20-70-36(28-65)12-17-71-48-41(64-14-18-68-19-15-64)25-39(60-63-48)37-23-34(9-7-30(37)2)57-45(66)32-11-13-55-44(21-32)50(51,52)53/h7-11,13,21-27,36H,6,12,14-20,28H2,1-5H3,(H,57,66)(H,58,67). The molecule has 2 saturated heterocycles. The van der Waals surface area contributed by atoms with Crippen molar-refractivity contribution in [3.05, 3.63) is 113 Å². The summed E-state index contributed by atoms with van der Waals surface area (Å²) in [6.45, 7) is 13.4. The fraction of sp³-hybridized carbons (Fsp3) is 0.360. The van der Waals surface area contributed by atoms with Crippen molar-refractivity contribution in [3.63, 3.8) is 0 Å². The van der Waals surface area contributed by atoms with Crippen molar-refractivity contribution in [1.82, 2.24) is 35.6 Å². The van der Waals surface area contributed by atoms with Crippen LogP contribution in [0.1, 0.15) is 70.4 Å². The second-order valence-electron chi connectivity index (χ2n) is 17.4. The lowest BCUT2D eigenvalue weighted by Crippen LogP contribution is -2.43. The first-order valence-electron chi connectivity index (χ1n) is 22.9. The molecule has 1 unspecified atom stereocenters. The van der Waals surface area contributed by atoms with Gasteiger partial charge in [0.2, 0.25) is 0 Å². The Labute approximate surface area is 407 Å². The highest BCUT2D eigenvalue weighted by Gasteiger charge is 2.33. The van der Waals surface area contributed by atoms with Crippen molar-refractivity contribution in [2.24, 2.45) is 0 Å². The third kappa shape index (κ3) is 11.8. The number of alkyl halides is 3. The van der Waals surface area contributed by atoms with Gasteiger partial charge >= 0.3 is 6.18 Å². The van der Waals surface area contributed by atoms with Crippen molar-refractivity contribution in [1.29, 1.82) is 5.26 Å². The maximum atomic E-state index is 13.4. The van der Waals surface area contributed by atoms with E-state index in [9.17, 15) is 28.0 Å². The van der Waals surface area contributed by atoms with E-state index in [1.165, 1.54) is 12.3 Å². The van der Waals surface area contributed by atoms with E-state index >= 15 is 0 Å². The molecule has 4 aromatic heterocycles. The van der Waals surface area contributed by atoms with Gasteiger partial charge in [0.05, 0.1) is 79.5 Å². The summed E-state index contributed by atoms with van der Waals surface area (Å²) in [7, 11) is 0. The molecule has 2 fully saturated rings. The van der Waals surface area contributed by atoms with Gasteiger partial charge in [-0.2, -0.15) is 28.6 Å². The summed E-state index contributed by atoms with van der Waals surface area (Å²) < 4.78 is 64.1. The third-order valence-corrected chi connectivity index (χ3v) is 12.0. The Balaban J connectivity index is 0.962. The predicted octanol–water partition coefficient (Wildman–Crippen LogP) is 7.64. The fourth-order valence-electron chi connectivity index (χ4n) is 7.94. The van der Waals surface area contributed by atoms with E-state index < -0.39 is 29.1 Å². The van der Waals surface area contributed by atoms with Gasteiger partial charge in [0.1, 0.15) is 17.1 Å². The Morgan fingerprint density at radius 3 is 1.97 bits per heavy atom. The number of nitrogens with one attached hydrogen (secondary N) is 2. The van der Waals surface area contributed by atoms with Gasteiger partial charge in [0.25, 0.3) is 23.6 Å². The van der Waals surface area contributed by atoms with Crippen LogP contribution in [0.5, 0.6) is 11.8 Å². The largest absolute Gasteiger partial charge is 0.475 e. The van der Waals surface area contributed by atoms with Gasteiger partial charge in [-0.15, -0.1) is 20.4 Å². The van der Waals surface area contributed by atoms with E-state index in [2.05, 4.69) is 62.1 Å². The van der Waals surface area contributed by atoms with Gasteiger partial charge < -0.3 is 39.4 Å². The van der Waals surface area contributed by atoms with Crippen LogP contribution in [0.2, 0.25) is 0 Å². The highest BCUT2D eigenvalue weighted by atomic mass is 19.4. The number of ether oxygens (including phenoxy) is 4. The number of amides is 2. The minimum Gasteiger partial charge on any atom is -0.475 e. The Bertz CT molecular complexity index is 2960. The second kappa shape index (κ2) is 21.4. The number of carbonyl (C=O) groups is 2. The van der Waals surface area contributed by atoms with Gasteiger partial charge in [-0.1, -0.05) is 12.1 Å². The maximum Gasteiger partial charge on any atom is 0.433 e. The number of carbonyl (C=O) groups excluding carboxylic acids is 2. The van der Waals surface area contributed by atoms with Crippen LogP contribution in [0.4, 0.5) is 35.9 Å². The zero-order chi connectivity index (χ0) is 50.3. The first-order chi connectivity index (χ1) is 34.1. The Morgan fingerprint density at radius 1 is 0.761 bits per heavy atom. The van der Waals surface area contributed by atoms with E-state index in [1.54, 1.807) is 44.2 Å². The van der Waals surface area contributed by atoms with Crippen LogP contribution in [0.15, 0.2) is 79.1 Å². The first kappa shape index (κ1) is 49.6. The van der Waals surface area contributed by atoms with E-state index in [1.807, 2.05) is 45.0 Å². The van der Waals surface area contributed by atoms with Gasteiger partial charge in [-0.3, -0.25) is 14.6 Å². The van der Waals surface area contributed by atoms with Crippen LogP contribution in [0.25, 0.3) is 22.5 Å². The summed E-state index contributed by atoms with van der Waals surface area (Å²) >= 11 is 0. The molecule has 8 rings (SSSR count). The van der Waals surface area contributed by atoms with Crippen molar-refractivity contribution < 1.29 is 41.7 Å². The maximum absolute atomic E-state index is 13.4. The molecule has 71 heavy (non-hydrogen) atoms.